The van der Waals surface area contributed by atoms with Crippen LogP contribution >= 0.6 is 0 Å². The second kappa shape index (κ2) is 3.91. The van der Waals surface area contributed by atoms with Crippen LogP contribution < -0.4 is 5.73 Å². The molecule has 1 aromatic heterocycles. The number of hydrogen-bond acceptors (Lipinski definition) is 2. The van der Waals surface area contributed by atoms with E-state index in [0.29, 0.717) is 5.82 Å². The second-order valence-electron chi connectivity index (χ2n) is 4.66. The Morgan fingerprint density at radius 3 is 2.18 bits per heavy atom. The summed E-state index contributed by atoms with van der Waals surface area (Å²) >= 11 is 0. The second-order valence-corrected chi connectivity index (χ2v) is 4.66. The molecule has 2 aromatic rings. The smallest absolute Gasteiger partial charge is 0.148 e. The molecule has 3 heteroatoms. The van der Waals surface area contributed by atoms with E-state index in [1.807, 2.05) is 18.7 Å². The maximum Gasteiger partial charge on any atom is 0.148 e. The third-order valence-corrected chi connectivity index (χ3v) is 3.63. The molecule has 0 spiro atoms. The van der Waals surface area contributed by atoms with Gasteiger partial charge in [0.05, 0.1) is 5.69 Å². The zero-order valence-corrected chi connectivity index (χ0v) is 11.1. The van der Waals surface area contributed by atoms with Crippen LogP contribution in [0.4, 0.5) is 5.82 Å². The van der Waals surface area contributed by atoms with Crippen LogP contribution in [-0.4, -0.2) is 9.78 Å². The Hall–Kier alpha value is -1.77. The summed E-state index contributed by atoms with van der Waals surface area (Å²) in [4.78, 5) is 0. The minimum atomic E-state index is 0.611. The molecule has 0 aliphatic heterocycles. The van der Waals surface area contributed by atoms with Gasteiger partial charge in [0, 0.05) is 18.2 Å². The van der Waals surface area contributed by atoms with Crippen LogP contribution in [0.2, 0.25) is 0 Å². The highest BCUT2D eigenvalue weighted by Gasteiger charge is 2.15. The minimum Gasteiger partial charge on any atom is -0.382 e. The number of nitrogen functional groups attached to an aromatic ring is 1. The van der Waals surface area contributed by atoms with Gasteiger partial charge in [-0.3, -0.25) is 4.68 Å². The number of aryl methyl sites for hydroxylation is 2. The topological polar surface area (TPSA) is 43.8 Å². The van der Waals surface area contributed by atoms with E-state index in [2.05, 4.69) is 38.0 Å². The Kier molecular flexibility index (Phi) is 2.69. The fraction of sp³-hybridized carbons (Fsp3) is 0.357. The average Bonchev–Trinajstić information content (AvgIpc) is 2.52. The summed E-state index contributed by atoms with van der Waals surface area (Å²) in [5.74, 6) is 0.611. The predicted octanol–water partition coefficient (Wildman–Crippen LogP) is 2.90. The van der Waals surface area contributed by atoms with Crippen molar-refractivity contribution in [3.63, 3.8) is 0 Å². The number of hydrogen-bond donors (Lipinski definition) is 1. The number of aromatic nitrogens is 2. The first kappa shape index (κ1) is 11.7. The van der Waals surface area contributed by atoms with Gasteiger partial charge in [0.25, 0.3) is 0 Å². The lowest BCUT2D eigenvalue weighted by atomic mass is 9.95. The van der Waals surface area contributed by atoms with E-state index < -0.39 is 0 Å². The predicted molar refractivity (Wildman–Crippen MR) is 72.0 cm³/mol. The van der Waals surface area contributed by atoms with E-state index in [1.54, 1.807) is 0 Å². The van der Waals surface area contributed by atoms with Crippen molar-refractivity contribution in [2.45, 2.75) is 27.7 Å². The van der Waals surface area contributed by atoms with Gasteiger partial charge in [0.1, 0.15) is 5.82 Å². The van der Waals surface area contributed by atoms with Gasteiger partial charge >= 0.3 is 0 Å². The molecule has 0 saturated carbocycles. The number of anilines is 1. The number of benzene rings is 1. The van der Waals surface area contributed by atoms with Gasteiger partial charge in [-0.1, -0.05) is 12.1 Å². The molecular weight excluding hydrogens is 210 g/mol. The van der Waals surface area contributed by atoms with Crippen LogP contribution in [0.15, 0.2) is 12.1 Å². The van der Waals surface area contributed by atoms with E-state index >= 15 is 0 Å². The number of nitrogens with zero attached hydrogens (tertiary/aromatic N) is 2. The molecule has 0 amide bonds. The largest absolute Gasteiger partial charge is 0.382 e. The van der Waals surface area contributed by atoms with Gasteiger partial charge in [-0.25, -0.2) is 0 Å². The Morgan fingerprint density at radius 1 is 1.00 bits per heavy atom. The first-order chi connectivity index (χ1) is 7.93. The monoisotopic (exact) mass is 229 g/mol. The van der Waals surface area contributed by atoms with Gasteiger partial charge in [-0.15, -0.1) is 0 Å². The van der Waals surface area contributed by atoms with E-state index in [0.717, 1.165) is 11.3 Å². The summed E-state index contributed by atoms with van der Waals surface area (Å²) in [5.41, 5.74) is 13.2. The van der Waals surface area contributed by atoms with Crippen molar-refractivity contribution < 1.29 is 0 Å². The van der Waals surface area contributed by atoms with Crippen LogP contribution in [0.5, 0.6) is 0 Å². The number of nitrogens with two attached hydrogens (primary N) is 1. The Labute approximate surface area is 102 Å². The zero-order chi connectivity index (χ0) is 12.7. The van der Waals surface area contributed by atoms with Gasteiger partial charge in [0.15, 0.2) is 0 Å². The highest BCUT2D eigenvalue weighted by atomic mass is 15.3. The molecule has 1 aromatic carbocycles. The molecule has 90 valence electrons. The van der Waals surface area contributed by atoms with E-state index in [-0.39, 0.29) is 0 Å². The molecule has 0 atom stereocenters. The Balaban J connectivity index is 2.73. The normalized spacial score (nSPS) is 10.9. The molecule has 0 bridgehead atoms. The average molecular weight is 229 g/mol. The summed E-state index contributed by atoms with van der Waals surface area (Å²) in [5, 5.41) is 4.27. The third-order valence-electron chi connectivity index (χ3n) is 3.63. The lowest BCUT2D eigenvalue weighted by molar-refractivity contribution is 0.779. The molecule has 2 rings (SSSR count). The molecule has 0 unspecified atom stereocenters. The molecule has 0 aliphatic rings. The van der Waals surface area contributed by atoms with Crippen LogP contribution in [0.3, 0.4) is 0 Å². The summed E-state index contributed by atoms with van der Waals surface area (Å²) in [7, 11) is 1.94. The SMILES string of the molecule is Cc1ccc(-c2c(C)c(N)nn2C)c(C)c1C. The van der Waals surface area contributed by atoms with Crippen molar-refractivity contribution in [3.05, 3.63) is 34.4 Å². The molecule has 0 aliphatic carbocycles. The van der Waals surface area contributed by atoms with Crippen molar-refractivity contribution in [1.82, 2.24) is 9.78 Å². The maximum absolute atomic E-state index is 5.86. The Bertz CT molecular complexity index is 580. The maximum atomic E-state index is 5.86. The van der Waals surface area contributed by atoms with Crippen molar-refractivity contribution >= 4 is 5.82 Å². The summed E-state index contributed by atoms with van der Waals surface area (Å²) in [6, 6.07) is 4.31. The first-order valence-corrected chi connectivity index (χ1v) is 5.79. The highest BCUT2D eigenvalue weighted by molar-refractivity contribution is 5.72. The molecule has 0 saturated heterocycles. The van der Waals surface area contributed by atoms with Crippen LogP contribution in [0.1, 0.15) is 22.3 Å². The van der Waals surface area contributed by atoms with E-state index in [1.165, 1.54) is 22.3 Å². The van der Waals surface area contributed by atoms with Gasteiger partial charge in [-0.05, 0) is 44.4 Å². The molecule has 2 N–H and O–H groups in total. The number of rotatable bonds is 1. The zero-order valence-electron chi connectivity index (χ0n) is 11.1. The summed E-state index contributed by atoms with van der Waals surface area (Å²) in [6.07, 6.45) is 0. The molecule has 1 heterocycles. The summed E-state index contributed by atoms with van der Waals surface area (Å²) < 4.78 is 1.86. The minimum absolute atomic E-state index is 0.611. The highest BCUT2D eigenvalue weighted by Crippen LogP contribution is 2.31. The third kappa shape index (κ3) is 1.71. The first-order valence-electron chi connectivity index (χ1n) is 5.79. The molecule has 3 nitrogen and oxygen atoms in total. The van der Waals surface area contributed by atoms with Gasteiger partial charge in [-0.2, -0.15) is 5.10 Å². The van der Waals surface area contributed by atoms with E-state index in [4.69, 9.17) is 5.73 Å². The van der Waals surface area contributed by atoms with Gasteiger partial charge in [0.2, 0.25) is 0 Å². The van der Waals surface area contributed by atoms with Crippen LogP contribution in [0.25, 0.3) is 11.3 Å². The van der Waals surface area contributed by atoms with E-state index in [9.17, 15) is 0 Å². The summed E-state index contributed by atoms with van der Waals surface area (Å²) in [6.45, 7) is 8.46. The Morgan fingerprint density at radius 2 is 1.65 bits per heavy atom. The fourth-order valence-electron chi connectivity index (χ4n) is 2.24. The molecule has 0 fully saturated rings. The molecule has 17 heavy (non-hydrogen) atoms. The van der Waals surface area contributed by atoms with Crippen molar-refractivity contribution in [1.29, 1.82) is 0 Å². The fourth-order valence-corrected chi connectivity index (χ4v) is 2.24. The lowest BCUT2D eigenvalue weighted by Gasteiger charge is -2.12. The molecular formula is C14H19N3. The van der Waals surface area contributed by atoms with Crippen molar-refractivity contribution in [3.8, 4) is 11.3 Å². The standard InChI is InChI=1S/C14H19N3/c1-8-6-7-12(10(3)9(8)2)13-11(4)14(15)16-17(13)5/h6-7H,1-5H3,(H2,15,16). The molecule has 0 radical (unpaired) electrons. The van der Waals surface area contributed by atoms with Crippen molar-refractivity contribution in [2.24, 2.45) is 7.05 Å². The van der Waals surface area contributed by atoms with Crippen LogP contribution in [0, 0.1) is 27.7 Å². The van der Waals surface area contributed by atoms with Crippen LogP contribution in [-0.2, 0) is 7.05 Å². The van der Waals surface area contributed by atoms with Gasteiger partial charge < -0.3 is 5.73 Å². The quantitative estimate of drug-likeness (QED) is 0.817. The van der Waals surface area contributed by atoms with Crippen molar-refractivity contribution in [2.75, 3.05) is 5.73 Å². The lowest BCUT2D eigenvalue weighted by Crippen LogP contribution is -1.98.